The summed E-state index contributed by atoms with van der Waals surface area (Å²) in [5.41, 5.74) is 7.88. The number of hydrogen-bond acceptors (Lipinski definition) is 4. The molecule has 1 aromatic carbocycles. The van der Waals surface area contributed by atoms with E-state index in [1.165, 1.54) is 5.56 Å². The Morgan fingerprint density at radius 3 is 2.84 bits per heavy atom. The van der Waals surface area contributed by atoms with Gasteiger partial charge in [-0.25, -0.2) is 4.98 Å². The molecule has 1 fully saturated rings. The molecule has 0 radical (unpaired) electrons. The minimum Gasteiger partial charge on any atom is -0.372 e. The van der Waals surface area contributed by atoms with Crippen LogP contribution in [0.5, 0.6) is 0 Å². The van der Waals surface area contributed by atoms with E-state index in [2.05, 4.69) is 17.1 Å². The minimum atomic E-state index is -0.575. The third-order valence-corrected chi connectivity index (χ3v) is 4.38. The molecule has 1 aliphatic heterocycles. The van der Waals surface area contributed by atoms with Crippen molar-refractivity contribution >= 4 is 5.91 Å². The van der Waals surface area contributed by atoms with Crippen LogP contribution < -0.4 is 5.73 Å². The van der Waals surface area contributed by atoms with E-state index in [4.69, 9.17) is 10.5 Å². The van der Waals surface area contributed by atoms with Crippen LogP contribution in [0.2, 0.25) is 0 Å². The smallest absolute Gasteiger partial charge is 0.240 e. The molecule has 2 heterocycles. The first-order chi connectivity index (χ1) is 11.9. The number of nitrogens with zero attached hydrogens (tertiary/aromatic N) is 3. The summed E-state index contributed by atoms with van der Waals surface area (Å²) in [5, 5.41) is 0. The van der Waals surface area contributed by atoms with Gasteiger partial charge in [-0.3, -0.25) is 4.79 Å². The number of benzene rings is 1. The Hall–Kier alpha value is -2.18. The largest absolute Gasteiger partial charge is 0.372 e. The van der Waals surface area contributed by atoms with Gasteiger partial charge in [0, 0.05) is 32.3 Å². The van der Waals surface area contributed by atoms with Crippen molar-refractivity contribution in [2.24, 2.45) is 5.73 Å². The van der Waals surface area contributed by atoms with E-state index in [0.717, 1.165) is 12.2 Å². The number of amides is 1. The summed E-state index contributed by atoms with van der Waals surface area (Å²) in [6.07, 6.45) is 4.19. The lowest BCUT2D eigenvalue weighted by Gasteiger charge is -2.39. The molecule has 1 aliphatic rings. The van der Waals surface area contributed by atoms with Crippen LogP contribution in [0, 0.1) is 0 Å². The van der Waals surface area contributed by atoms with Crippen molar-refractivity contribution in [2.75, 3.05) is 19.7 Å². The van der Waals surface area contributed by atoms with Crippen molar-refractivity contribution in [3.05, 3.63) is 54.1 Å². The zero-order valence-corrected chi connectivity index (χ0v) is 14.9. The lowest BCUT2D eigenvalue weighted by molar-refractivity contribution is -0.147. The number of hydrogen-bond donors (Lipinski definition) is 1. The third-order valence-electron chi connectivity index (χ3n) is 4.38. The Bertz CT molecular complexity index is 711. The van der Waals surface area contributed by atoms with E-state index >= 15 is 0 Å². The van der Waals surface area contributed by atoms with Crippen molar-refractivity contribution in [3.63, 3.8) is 0 Å². The predicted octanol–water partition coefficient (Wildman–Crippen LogP) is 1.44. The second kappa shape index (κ2) is 7.37. The molecule has 0 saturated carbocycles. The molecule has 3 rings (SSSR count). The van der Waals surface area contributed by atoms with E-state index in [0.29, 0.717) is 26.1 Å². The fourth-order valence-corrected chi connectivity index (χ4v) is 3.14. The molecule has 0 bridgehead atoms. The normalized spacial score (nSPS) is 18.1. The van der Waals surface area contributed by atoms with E-state index in [-0.39, 0.29) is 11.5 Å². The number of rotatable bonds is 5. The van der Waals surface area contributed by atoms with Crippen LogP contribution in [0.15, 0.2) is 42.9 Å². The summed E-state index contributed by atoms with van der Waals surface area (Å²) in [6.45, 7) is 6.46. The molecule has 0 unspecified atom stereocenters. The standard InChI is InChI=1S/C19H26N4O2/c1-19(2)13-23(8-9-25-19)18(24)17(20)10-16-12-22(14-21-16)11-15-6-4-3-5-7-15/h3-7,12,14,17H,8-11,13,20H2,1-2H3/t17-/m0/s1. The topological polar surface area (TPSA) is 73.4 Å². The fraction of sp³-hybridized carbons (Fsp3) is 0.474. The molecule has 1 amide bonds. The summed E-state index contributed by atoms with van der Waals surface area (Å²) in [7, 11) is 0. The van der Waals surface area contributed by atoms with Crippen molar-refractivity contribution in [2.45, 2.75) is 38.5 Å². The number of nitrogens with two attached hydrogens (primary N) is 1. The summed E-state index contributed by atoms with van der Waals surface area (Å²) in [5.74, 6) is -0.0333. The van der Waals surface area contributed by atoms with Gasteiger partial charge in [-0.2, -0.15) is 0 Å². The number of carbonyl (C=O) groups is 1. The maximum Gasteiger partial charge on any atom is 0.240 e. The fourth-order valence-electron chi connectivity index (χ4n) is 3.14. The molecule has 0 spiro atoms. The van der Waals surface area contributed by atoms with Gasteiger partial charge in [0.1, 0.15) is 0 Å². The minimum absolute atomic E-state index is 0.0333. The maximum atomic E-state index is 12.6. The maximum absolute atomic E-state index is 12.6. The molecule has 1 saturated heterocycles. The summed E-state index contributed by atoms with van der Waals surface area (Å²) in [4.78, 5) is 18.8. The molecular formula is C19H26N4O2. The molecule has 6 nitrogen and oxygen atoms in total. The van der Waals surface area contributed by atoms with E-state index in [9.17, 15) is 4.79 Å². The molecule has 134 valence electrons. The second-order valence-corrected chi connectivity index (χ2v) is 7.20. The van der Waals surface area contributed by atoms with Crippen molar-refractivity contribution in [1.29, 1.82) is 0 Å². The molecule has 1 aromatic heterocycles. The van der Waals surface area contributed by atoms with Gasteiger partial charge in [-0.15, -0.1) is 0 Å². The number of aromatic nitrogens is 2. The van der Waals surface area contributed by atoms with Crippen LogP contribution in [-0.4, -0.2) is 51.7 Å². The Morgan fingerprint density at radius 1 is 1.36 bits per heavy atom. The number of imidazole rings is 1. The molecule has 2 aromatic rings. The molecule has 0 aliphatic carbocycles. The van der Waals surface area contributed by atoms with Crippen LogP contribution in [0.3, 0.4) is 0 Å². The quantitative estimate of drug-likeness (QED) is 0.892. The summed E-state index contributed by atoms with van der Waals surface area (Å²) in [6, 6.07) is 9.62. The van der Waals surface area contributed by atoms with Gasteiger partial charge in [0.05, 0.1) is 30.3 Å². The first-order valence-electron chi connectivity index (χ1n) is 8.66. The lowest BCUT2D eigenvalue weighted by Crippen LogP contribution is -2.55. The zero-order chi connectivity index (χ0) is 17.9. The highest BCUT2D eigenvalue weighted by molar-refractivity contribution is 5.82. The Kier molecular flexibility index (Phi) is 5.20. The van der Waals surface area contributed by atoms with Crippen molar-refractivity contribution < 1.29 is 9.53 Å². The zero-order valence-electron chi connectivity index (χ0n) is 14.9. The molecule has 25 heavy (non-hydrogen) atoms. The van der Waals surface area contributed by atoms with Crippen molar-refractivity contribution in [3.8, 4) is 0 Å². The highest BCUT2D eigenvalue weighted by Crippen LogP contribution is 2.17. The summed E-state index contributed by atoms with van der Waals surface area (Å²) >= 11 is 0. The van der Waals surface area contributed by atoms with E-state index < -0.39 is 6.04 Å². The lowest BCUT2D eigenvalue weighted by atomic mass is 10.1. The monoisotopic (exact) mass is 342 g/mol. The molecule has 1 atom stereocenters. The van der Waals surface area contributed by atoms with Gasteiger partial charge >= 0.3 is 0 Å². The number of ether oxygens (including phenoxy) is 1. The van der Waals surface area contributed by atoms with Crippen LogP contribution in [0.1, 0.15) is 25.1 Å². The van der Waals surface area contributed by atoms with E-state index in [1.807, 2.05) is 42.8 Å². The highest BCUT2D eigenvalue weighted by atomic mass is 16.5. The van der Waals surface area contributed by atoms with Crippen LogP contribution in [-0.2, 0) is 22.5 Å². The van der Waals surface area contributed by atoms with Gasteiger partial charge in [0.15, 0.2) is 0 Å². The first-order valence-corrected chi connectivity index (χ1v) is 8.66. The van der Waals surface area contributed by atoms with Crippen LogP contribution >= 0.6 is 0 Å². The average molecular weight is 342 g/mol. The SMILES string of the molecule is CC1(C)CN(C(=O)[C@@H](N)Cc2cn(Cc3ccccc3)cn2)CCO1. The molecule has 2 N–H and O–H groups in total. The first kappa shape index (κ1) is 17.6. The van der Waals surface area contributed by atoms with Gasteiger partial charge in [-0.05, 0) is 19.4 Å². The predicted molar refractivity (Wildman–Crippen MR) is 96.1 cm³/mol. The Morgan fingerprint density at radius 2 is 2.12 bits per heavy atom. The number of carbonyl (C=O) groups excluding carboxylic acids is 1. The van der Waals surface area contributed by atoms with Gasteiger partial charge < -0.3 is 19.9 Å². The van der Waals surface area contributed by atoms with Gasteiger partial charge in [0.2, 0.25) is 5.91 Å². The second-order valence-electron chi connectivity index (χ2n) is 7.20. The molecule has 6 heteroatoms. The summed E-state index contributed by atoms with van der Waals surface area (Å²) < 4.78 is 7.67. The van der Waals surface area contributed by atoms with E-state index in [1.54, 1.807) is 11.2 Å². The van der Waals surface area contributed by atoms with Crippen molar-refractivity contribution in [1.82, 2.24) is 14.5 Å². The van der Waals surface area contributed by atoms with Gasteiger partial charge in [0.25, 0.3) is 0 Å². The van der Waals surface area contributed by atoms with Gasteiger partial charge in [-0.1, -0.05) is 30.3 Å². The number of morpholine rings is 1. The Labute approximate surface area is 148 Å². The molecular weight excluding hydrogens is 316 g/mol. The highest BCUT2D eigenvalue weighted by Gasteiger charge is 2.32. The van der Waals surface area contributed by atoms with Crippen LogP contribution in [0.4, 0.5) is 0 Å². The van der Waals surface area contributed by atoms with Crippen LogP contribution in [0.25, 0.3) is 0 Å². The third kappa shape index (κ3) is 4.67. The average Bonchev–Trinajstić information content (AvgIpc) is 3.01. The Balaban J connectivity index is 1.57.